The number of piperidine rings is 2. The number of pyridine rings is 1. The van der Waals surface area contributed by atoms with Gasteiger partial charge in [0.1, 0.15) is 0 Å². The maximum atomic E-state index is 13.6. The number of amides is 2. The van der Waals surface area contributed by atoms with Crippen LogP contribution in [-0.2, 0) is 11.2 Å². The molecule has 2 aliphatic carbocycles. The van der Waals surface area contributed by atoms with Crippen LogP contribution in [0.1, 0.15) is 91.7 Å². The van der Waals surface area contributed by atoms with E-state index in [9.17, 15) is 9.59 Å². The van der Waals surface area contributed by atoms with Crippen molar-refractivity contribution in [2.24, 2.45) is 11.3 Å². The van der Waals surface area contributed by atoms with Crippen molar-refractivity contribution in [2.75, 3.05) is 38.1 Å². The summed E-state index contributed by atoms with van der Waals surface area (Å²) in [6.45, 7) is 3.85. The highest BCUT2D eigenvalue weighted by Crippen LogP contribution is 2.43. The minimum Gasteiger partial charge on any atom is -0.371 e. The van der Waals surface area contributed by atoms with Crippen molar-refractivity contribution in [1.29, 1.82) is 0 Å². The Bertz CT molecular complexity index is 1140. The molecule has 6 rings (SSSR count). The van der Waals surface area contributed by atoms with Crippen LogP contribution in [0.2, 0.25) is 0 Å². The van der Waals surface area contributed by atoms with Gasteiger partial charge in [-0.1, -0.05) is 25.3 Å². The molecule has 6 nitrogen and oxygen atoms in total. The lowest BCUT2D eigenvalue weighted by Crippen LogP contribution is -2.48. The Morgan fingerprint density at radius 2 is 1.58 bits per heavy atom. The average molecular weight is 515 g/mol. The van der Waals surface area contributed by atoms with Crippen LogP contribution in [0.3, 0.4) is 0 Å². The molecule has 2 aromatic rings. The number of carbonyl (C=O) groups is 2. The third kappa shape index (κ3) is 4.94. The van der Waals surface area contributed by atoms with Crippen molar-refractivity contribution in [2.45, 2.75) is 76.7 Å². The molecule has 1 atom stereocenters. The second-order valence-electron chi connectivity index (χ2n) is 12.2. The van der Waals surface area contributed by atoms with E-state index in [0.717, 1.165) is 70.3 Å². The van der Waals surface area contributed by atoms with Crippen molar-refractivity contribution in [3.8, 4) is 0 Å². The Hall–Kier alpha value is -2.89. The Morgan fingerprint density at radius 3 is 2.29 bits per heavy atom. The van der Waals surface area contributed by atoms with Crippen molar-refractivity contribution in [3.05, 3.63) is 59.4 Å². The maximum absolute atomic E-state index is 13.6. The number of likely N-dealkylation sites (tertiary alicyclic amines) is 1. The maximum Gasteiger partial charge on any atom is 0.253 e. The summed E-state index contributed by atoms with van der Waals surface area (Å²) in [5.41, 5.74) is 4.92. The fourth-order valence-electron chi connectivity index (χ4n) is 7.57. The monoisotopic (exact) mass is 514 g/mol. The lowest BCUT2D eigenvalue weighted by molar-refractivity contribution is -0.137. The van der Waals surface area contributed by atoms with Crippen LogP contribution in [0, 0.1) is 11.3 Å². The molecule has 2 aliphatic heterocycles. The van der Waals surface area contributed by atoms with Gasteiger partial charge in [0, 0.05) is 62.8 Å². The minimum atomic E-state index is 0.0994. The molecule has 2 amide bonds. The van der Waals surface area contributed by atoms with Gasteiger partial charge < -0.3 is 14.7 Å². The first-order chi connectivity index (χ1) is 18.5. The Balaban J connectivity index is 1.08. The molecule has 0 N–H and O–H groups in total. The van der Waals surface area contributed by atoms with E-state index in [2.05, 4.69) is 39.0 Å². The van der Waals surface area contributed by atoms with Crippen molar-refractivity contribution in [3.63, 3.8) is 0 Å². The molecule has 38 heavy (non-hydrogen) atoms. The number of fused-ring (bicyclic) bond motifs is 1. The summed E-state index contributed by atoms with van der Waals surface area (Å²) in [7, 11) is 1.98. The zero-order chi connectivity index (χ0) is 26.1. The Kier molecular flexibility index (Phi) is 7.15. The van der Waals surface area contributed by atoms with Crippen LogP contribution < -0.4 is 4.90 Å². The van der Waals surface area contributed by atoms with Gasteiger partial charge in [-0.2, -0.15) is 0 Å². The van der Waals surface area contributed by atoms with E-state index in [4.69, 9.17) is 0 Å². The Labute approximate surface area is 227 Å². The van der Waals surface area contributed by atoms with Gasteiger partial charge >= 0.3 is 0 Å². The smallest absolute Gasteiger partial charge is 0.253 e. The normalized spacial score (nSPS) is 23.3. The number of carbonyl (C=O) groups excluding carboxylic acids is 2. The molecular formula is C32H42N4O2. The molecule has 2 saturated heterocycles. The number of nitrogens with zero attached hydrogens (tertiary/aromatic N) is 4. The first-order valence-corrected chi connectivity index (χ1v) is 14.9. The Morgan fingerprint density at radius 1 is 0.895 bits per heavy atom. The second-order valence-corrected chi connectivity index (χ2v) is 12.2. The molecule has 4 aliphatic rings. The fourth-order valence-corrected chi connectivity index (χ4v) is 7.57. The number of aromatic nitrogens is 1. The average Bonchev–Trinajstić information content (AvgIpc) is 3.41. The van der Waals surface area contributed by atoms with Gasteiger partial charge in [0.2, 0.25) is 5.91 Å². The van der Waals surface area contributed by atoms with E-state index < -0.39 is 0 Å². The summed E-state index contributed by atoms with van der Waals surface area (Å²) >= 11 is 0. The second kappa shape index (κ2) is 10.7. The van der Waals surface area contributed by atoms with Crippen LogP contribution >= 0.6 is 0 Å². The van der Waals surface area contributed by atoms with Gasteiger partial charge in [-0.05, 0) is 92.2 Å². The summed E-state index contributed by atoms with van der Waals surface area (Å²) < 4.78 is 0. The standard InChI is InChI=1S/C32H42N4O2/c1-34(30(37)25-5-3-2-4-6-25)29-10-9-24-7-8-26(23-28(24)29)31(38)36-21-15-32(16-22-36)13-19-35(20-14-32)27-11-17-33-18-12-27/h7-8,11-12,17-18,23,25,29H,2-6,9-10,13-16,19-22H2,1H3. The highest BCUT2D eigenvalue weighted by Gasteiger charge is 2.39. The van der Waals surface area contributed by atoms with E-state index in [0.29, 0.717) is 11.3 Å². The number of rotatable bonds is 4. The van der Waals surface area contributed by atoms with E-state index >= 15 is 0 Å². The van der Waals surface area contributed by atoms with E-state index in [1.165, 1.54) is 48.9 Å². The van der Waals surface area contributed by atoms with Gasteiger partial charge in [0.05, 0.1) is 6.04 Å². The quantitative estimate of drug-likeness (QED) is 0.531. The van der Waals surface area contributed by atoms with Gasteiger partial charge in [-0.25, -0.2) is 0 Å². The van der Waals surface area contributed by atoms with E-state index in [-0.39, 0.29) is 17.9 Å². The van der Waals surface area contributed by atoms with Crippen molar-refractivity contribution in [1.82, 2.24) is 14.8 Å². The summed E-state index contributed by atoms with van der Waals surface area (Å²) in [5, 5.41) is 0. The number of hydrogen-bond donors (Lipinski definition) is 0. The SMILES string of the molecule is CN(C(=O)C1CCCCC1)C1CCc2ccc(C(=O)N3CCC4(CC3)CCN(c3ccncc3)CC4)cc21. The molecule has 1 spiro atoms. The molecule has 3 fully saturated rings. The van der Waals surface area contributed by atoms with Gasteiger partial charge in [0.15, 0.2) is 0 Å². The molecule has 202 valence electrons. The molecule has 1 saturated carbocycles. The largest absolute Gasteiger partial charge is 0.371 e. The molecule has 0 bridgehead atoms. The summed E-state index contributed by atoms with van der Waals surface area (Å²) in [5.74, 6) is 0.638. The van der Waals surface area contributed by atoms with Crippen LogP contribution in [0.25, 0.3) is 0 Å². The zero-order valence-corrected chi connectivity index (χ0v) is 22.9. The van der Waals surface area contributed by atoms with E-state index in [1.807, 2.05) is 30.4 Å². The minimum absolute atomic E-state index is 0.0994. The van der Waals surface area contributed by atoms with E-state index in [1.54, 1.807) is 0 Å². The lowest BCUT2D eigenvalue weighted by Gasteiger charge is -2.47. The molecule has 1 unspecified atom stereocenters. The zero-order valence-electron chi connectivity index (χ0n) is 22.9. The fraction of sp³-hybridized carbons (Fsp3) is 0.594. The van der Waals surface area contributed by atoms with Gasteiger partial charge in [0.25, 0.3) is 5.91 Å². The number of benzene rings is 1. The number of aryl methyl sites for hydroxylation is 1. The third-order valence-electron chi connectivity index (χ3n) is 10.2. The van der Waals surface area contributed by atoms with Gasteiger partial charge in [-0.15, -0.1) is 0 Å². The van der Waals surface area contributed by atoms with Crippen molar-refractivity contribution >= 4 is 17.5 Å². The van der Waals surface area contributed by atoms with Crippen LogP contribution in [-0.4, -0.2) is 59.8 Å². The van der Waals surface area contributed by atoms with Gasteiger partial charge in [-0.3, -0.25) is 14.6 Å². The predicted molar refractivity (Wildman–Crippen MR) is 150 cm³/mol. The highest BCUT2D eigenvalue weighted by molar-refractivity contribution is 5.94. The molecule has 1 aromatic heterocycles. The summed E-state index contributed by atoms with van der Waals surface area (Å²) in [6, 6.07) is 10.6. The third-order valence-corrected chi connectivity index (χ3v) is 10.2. The van der Waals surface area contributed by atoms with Crippen LogP contribution in [0.5, 0.6) is 0 Å². The predicted octanol–water partition coefficient (Wildman–Crippen LogP) is 5.63. The summed E-state index contributed by atoms with van der Waals surface area (Å²) in [6.07, 6.45) is 15.9. The van der Waals surface area contributed by atoms with Crippen molar-refractivity contribution < 1.29 is 9.59 Å². The number of anilines is 1. The lowest BCUT2D eigenvalue weighted by atomic mass is 9.71. The molecule has 6 heteroatoms. The van der Waals surface area contributed by atoms with Crippen LogP contribution in [0.15, 0.2) is 42.7 Å². The molecular weight excluding hydrogens is 472 g/mol. The molecule has 1 aromatic carbocycles. The first-order valence-electron chi connectivity index (χ1n) is 14.9. The summed E-state index contributed by atoms with van der Waals surface area (Å²) in [4.78, 5) is 37.5. The molecule has 0 radical (unpaired) electrons. The molecule has 3 heterocycles. The number of hydrogen-bond acceptors (Lipinski definition) is 4. The van der Waals surface area contributed by atoms with Crippen LogP contribution in [0.4, 0.5) is 5.69 Å². The highest BCUT2D eigenvalue weighted by atomic mass is 16.2. The first kappa shape index (κ1) is 25.4. The topological polar surface area (TPSA) is 56.8 Å².